The van der Waals surface area contributed by atoms with Gasteiger partial charge in [0.25, 0.3) is 0 Å². The molecule has 0 saturated heterocycles. The molecule has 0 spiro atoms. The first-order valence-corrected chi connectivity index (χ1v) is 3.87. The van der Waals surface area contributed by atoms with Gasteiger partial charge in [0.05, 0.1) is 5.71 Å². The third kappa shape index (κ3) is 0.978. The maximum Gasteiger partial charge on any atom is 0.123 e. The number of benzene rings is 1. The number of rotatable bonds is 0. The molecule has 1 aliphatic rings. The van der Waals surface area contributed by atoms with Gasteiger partial charge in [0.1, 0.15) is 5.82 Å². The molecule has 2 nitrogen and oxygen atoms in total. The van der Waals surface area contributed by atoms with Crippen LogP contribution >= 0.6 is 0 Å². The molecular formula is C9H9FN2. The highest BCUT2D eigenvalue weighted by Gasteiger charge is 2.17. The fraction of sp³-hybridized carbons (Fsp3) is 0.222. The highest BCUT2D eigenvalue weighted by Crippen LogP contribution is 2.22. The van der Waals surface area contributed by atoms with Crippen molar-refractivity contribution >= 4 is 5.71 Å². The lowest BCUT2D eigenvalue weighted by Crippen LogP contribution is -1.98. The van der Waals surface area contributed by atoms with Crippen molar-refractivity contribution in [3.8, 4) is 0 Å². The molecule has 0 saturated carbocycles. The standard InChI is InChI=1S/C9H9FN2/c10-7-2-3-8-6(5-7)1-4-9(8)12-11/h2-3,5H,1,4,11H2. The summed E-state index contributed by atoms with van der Waals surface area (Å²) in [6.45, 7) is 0. The topological polar surface area (TPSA) is 38.4 Å². The number of hydrogen-bond acceptors (Lipinski definition) is 2. The SMILES string of the molecule is NN=C1CCc2cc(F)ccc21. The zero-order chi connectivity index (χ0) is 8.55. The number of aryl methyl sites for hydroxylation is 1. The summed E-state index contributed by atoms with van der Waals surface area (Å²) >= 11 is 0. The minimum absolute atomic E-state index is 0.188. The van der Waals surface area contributed by atoms with E-state index in [9.17, 15) is 4.39 Å². The predicted molar refractivity (Wildman–Crippen MR) is 45.4 cm³/mol. The minimum atomic E-state index is -0.188. The Kier molecular flexibility index (Phi) is 1.57. The van der Waals surface area contributed by atoms with Crippen LogP contribution in [0.3, 0.4) is 0 Å². The van der Waals surface area contributed by atoms with Crippen LogP contribution in [0.4, 0.5) is 4.39 Å². The first-order chi connectivity index (χ1) is 5.81. The van der Waals surface area contributed by atoms with Crippen molar-refractivity contribution in [3.05, 3.63) is 35.1 Å². The van der Waals surface area contributed by atoms with Crippen LogP contribution in [-0.4, -0.2) is 5.71 Å². The third-order valence-electron chi connectivity index (χ3n) is 2.17. The lowest BCUT2D eigenvalue weighted by atomic mass is 10.1. The van der Waals surface area contributed by atoms with Crippen molar-refractivity contribution < 1.29 is 4.39 Å². The van der Waals surface area contributed by atoms with Gasteiger partial charge in [0, 0.05) is 5.56 Å². The molecule has 12 heavy (non-hydrogen) atoms. The van der Waals surface area contributed by atoms with E-state index in [4.69, 9.17) is 5.84 Å². The lowest BCUT2D eigenvalue weighted by molar-refractivity contribution is 0.626. The number of halogens is 1. The fourth-order valence-electron chi connectivity index (χ4n) is 1.57. The van der Waals surface area contributed by atoms with Crippen LogP contribution in [-0.2, 0) is 6.42 Å². The van der Waals surface area contributed by atoms with Gasteiger partial charge in [-0.1, -0.05) is 0 Å². The summed E-state index contributed by atoms with van der Waals surface area (Å²) in [5.74, 6) is 4.99. The van der Waals surface area contributed by atoms with Crippen molar-refractivity contribution in [2.24, 2.45) is 10.9 Å². The normalized spacial score (nSPS) is 18.2. The molecule has 0 fully saturated rings. The van der Waals surface area contributed by atoms with Gasteiger partial charge < -0.3 is 5.84 Å². The first kappa shape index (κ1) is 7.28. The van der Waals surface area contributed by atoms with E-state index in [2.05, 4.69) is 5.10 Å². The molecule has 0 aliphatic heterocycles. The van der Waals surface area contributed by atoms with E-state index in [-0.39, 0.29) is 5.82 Å². The van der Waals surface area contributed by atoms with E-state index in [1.165, 1.54) is 6.07 Å². The molecule has 0 radical (unpaired) electrons. The summed E-state index contributed by atoms with van der Waals surface area (Å²) in [4.78, 5) is 0. The van der Waals surface area contributed by atoms with Gasteiger partial charge in [0.2, 0.25) is 0 Å². The molecule has 0 aromatic heterocycles. The molecule has 0 heterocycles. The third-order valence-corrected chi connectivity index (χ3v) is 2.17. The minimum Gasteiger partial charge on any atom is -0.323 e. The number of hydrogen-bond donors (Lipinski definition) is 1. The Labute approximate surface area is 69.9 Å². The fourth-order valence-corrected chi connectivity index (χ4v) is 1.57. The zero-order valence-electron chi connectivity index (χ0n) is 6.55. The molecule has 1 aromatic rings. The highest BCUT2D eigenvalue weighted by atomic mass is 19.1. The van der Waals surface area contributed by atoms with E-state index in [0.717, 1.165) is 29.7 Å². The maximum atomic E-state index is 12.7. The molecule has 0 amide bonds. The lowest BCUT2D eigenvalue weighted by Gasteiger charge is -1.97. The Morgan fingerprint density at radius 3 is 2.92 bits per heavy atom. The van der Waals surface area contributed by atoms with Gasteiger partial charge in [-0.15, -0.1) is 0 Å². The van der Waals surface area contributed by atoms with Crippen molar-refractivity contribution in [3.63, 3.8) is 0 Å². The number of hydrazone groups is 1. The van der Waals surface area contributed by atoms with Gasteiger partial charge in [0.15, 0.2) is 0 Å². The van der Waals surface area contributed by atoms with Crippen LogP contribution < -0.4 is 5.84 Å². The van der Waals surface area contributed by atoms with Crippen LogP contribution in [0.5, 0.6) is 0 Å². The van der Waals surface area contributed by atoms with Crippen molar-refractivity contribution in [2.45, 2.75) is 12.8 Å². The van der Waals surface area contributed by atoms with Crippen molar-refractivity contribution in [1.29, 1.82) is 0 Å². The summed E-state index contributed by atoms with van der Waals surface area (Å²) in [5.41, 5.74) is 2.89. The second-order valence-electron chi connectivity index (χ2n) is 2.88. The van der Waals surface area contributed by atoms with E-state index in [1.807, 2.05) is 0 Å². The van der Waals surface area contributed by atoms with Crippen LogP contribution in [0.1, 0.15) is 17.5 Å². The monoisotopic (exact) mass is 164 g/mol. The zero-order valence-corrected chi connectivity index (χ0v) is 6.55. The summed E-state index contributed by atoms with van der Waals surface area (Å²) in [6, 6.07) is 4.73. The van der Waals surface area contributed by atoms with E-state index in [1.54, 1.807) is 12.1 Å². The second-order valence-corrected chi connectivity index (χ2v) is 2.88. The van der Waals surface area contributed by atoms with E-state index < -0.39 is 0 Å². The van der Waals surface area contributed by atoms with Crippen LogP contribution in [0.2, 0.25) is 0 Å². The van der Waals surface area contributed by atoms with Gasteiger partial charge >= 0.3 is 0 Å². The summed E-state index contributed by atoms with van der Waals surface area (Å²) < 4.78 is 12.7. The molecule has 0 atom stereocenters. The smallest absolute Gasteiger partial charge is 0.123 e. The highest BCUT2D eigenvalue weighted by molar-refractivity contribution is 6.04. The number of fused-ring (bicyclic) bond motifs is 1. The summed E-state index contributed by atoms with van der Waals surface area (Å²) in [7, 11) is 0. The van der Waals surface area contributed by atoms with Crippen LogP contribution in [0, 0.1) is 5.82 Å². The predicted octanol–water partition coefficient (Wildman–Crippen LogP) is 1.43. The largest absolute Gasteiger partial charge is 0.323 e. The Morgan fingerprint density at radius 2 is 2.17 bits per heavy atom. The average Bonchev–Trinajstić information content (AvgIpc) is 2.46. The quantitative estimate of drug-likeness (QED) is 0.457. The molecule has 0 unspecified atom stereocenters. The first-order valence-electron chi connectivity index (χ1n) is 3.87. The van der Waals surface area contributed by atoms with E-state index >= 15 is 0 Å². The van der Waals surface area contributed by atoms with E-state index in [0.29, 0.717) is 0 Å². The van der Waals surface area contributed by atoms with Gasteiger partial charge in [-0.25, -0.2) is 4.39 Å². The van der Waals surface area contributed by atoms with Gasteiger partial charge in [-0.2, -0.15) is 5.10 Å². The van der Waals surface area contributed by atoms with Crippen molar-refractivity contribution in [1.82, 2.24) is 0 Å². The molecule has 2 rings (SSSR count). The van der Waals surface area contributed by atoms with Crippen LogP contribution in [0.25, 0.3) is 0 Å². The molecule has 62 valence electrons. The Hall–Kier alpha value is -1.38. The Balaban J connectivity index is 2.55. The van der Waals surface area contributed by atoms with Gasteiger partial charge in [-0.3, -0.25) is 0 Å². The molecular weight excluding hydrogens is 155 g/mol. The Morgan fingerprint density at radius 1 is 1.33 bits per heavy atom. The number of nitrogens with zero attached hydrogens (tertiary/aromatic N) is 1. The summed E-state index contributed by atoms with van der Waals surface area (Å²) in [5, 5.41) is 3.65. The Bertz CT molecular complexity index is 344. The maximum absolute atomic E-state index is 12.7. The average molecular weight is 164 g/mol. The molecule has 0 bridgehead atoms. The molecule has 1 aliphatic carbocycles. The second kappa shape index (κ2) is 2.59. The summed E-state index contributed by atoms with van der Waals surface area (Å²) in [6.07, 6.45) is 1.68. The van der Waals surface area contributed by atoms with Crippen molar-refractivity contribution in [2.75, 3.05) is 0 Å². The number of nitrogens with two attached hydrogens (primary N) is 1. The molecule has 2 N–H and O–H groups in total. The van der Waals surface area contributed by atoms with Crippen LogP contribution in [0.15, 0.2) is 23.3 Å². The van der Waals surface area contributed by atoms with Gasteiger partial charge in [-0.05, 0) is 36.6 Å². The molecule has 1 aromatic carbocycles. The molecule has 3 heteroatoms.